The van der Waals surface area contributed by atoms with E-state index in [9.17, 15) is 14.4 Å². The van der Waals surface area contributed by atoms with E-state index in [2.05, 4.69) is 4.74 Å². The van der Waals surface area contributed by atoms with Crippen LogP contribution in [0.15, 0.2) is 64.4 Å². The summed E-state index contributed by atoms with van der Waals surface area (Å²) in [4.78, 5) is 38.0. The summed E-state index contributed by atoms with van der Waals surface area (Å²) in [5.74, 6) is -1.10. The van der Waals surface area contributed by atoms with Gasteiger partial charge in [0.25, 0.3) is 0 Å². The second-order valence-electron chi connectivity index (χ2n) is 6.13. The number of esters is 1. The molecule has 0 bridgehead atoms. The fourth-order valence-corrected chi connectivity index (χ4v) is 3.78. The van der Waals surface area contributed by atoms with E-state index >= 15 is 0 Å². The van der Waals surface area contributed by atoms with E-state index in [-0.39, 0.29) is 16.5 Å². The summed E-state index contributed by atoms with van der Waals surface area (Å²) in [5.41, 5.74) is 3.40. The Morgan fingerprint density at radius 2 is 1.48 bits per heavy atom. The van der Waals surface area contributed by atoms with Crippen LogP contribution in [0, 0.1) is 13.8 Å². The Hall–Kier alpha value is -2.92. The molecule has 1 heterocycles. The Bertz CT molecular complexity index is 1010. The molecule has 0 spiro atoms. The number of carbonyl (C=O) groups is 3. The highest BCUT2D eigenvalue weighted by molar-refractivity contribution is 8.12. The quantitative estimate of drug-likeness (QED) is 0.452. The molecule has 0 saturated carbocycles. The Morgan fingerprint density at radius 1 is 0.926 bits per heavy atom. The SMILES string of the molecule is COC(=O)/C=C1\S/C(=C(/C(=O)c2ccccc2C)c2ccccc2C)C1=O. The minimum absolute atomic E-state index is 0.199. The van der Waals surface area contributed by atoms with Gasteiger partial charge in [-0.05, 0) is 30.5 Å². The highest BCUT2D eigenvalue weighted by atomic mass is 32.2. The summed E-state index contributed by atoms with van der Waals surface area (Å²) < 4.78 is 4.57. The highest BCUT2D eigenvalue weighted by Gasteiger charge is 2.36. The van der Waals surface area contributed by atoms with Gasteiger partial charge in [-0.2, -0.15) is 0 Å². The van der Waals surface area contributed by atoms with Crippen LogP contribution in [0.3, 0.4) is 0 Å². The lowest BCUT2D eigenvalue weighted by Gasteiger charge is -2.23. The first-order chi connectivity index (χ1) is 12.9. The number of hydrogen-bond acceptors (Lipinski definition) is 5. The highest BCUT2D eigenvalue weighted by Crippen LogP contribution is 2.46. The molecule has 136 valence electrons. The van der Waals surface area contributed by atoms with Gasteiger partial charge in [0.05, 0.1) is 16.9 Å². The van der Waals surface area contributed by atoms with Gasteiger partial charge in [0.2, 0.25) is 5.78 Å². The lowest BCUT2D eigenvalue weighted by molar-refractivity contribution is -0.135. The van der Waals surface area contributed by atoms with Gasteiger partial charge >= 0.3 is 5.97 Å². The monoisotopic (exact) mass is 378 g/mol. The maximum atomic E-state index is 13.3. The topological polar surface area (TPSA) is 60.4 Å². The van der Waals surface area contributed by atoms with Gasteiger partial charge in [0.15, 0.2) is 5.78 Å². The van der Waals surface area contributed by atoms with E-state index in [4.69, 9.17) is 0 Å². The van der Waals surface area contributed by atoms with Crippen LogP contribution in [-0.2, 0) is 14.3 Å². The molecule has 2 aromatic carbocycles. The average Bonchev–Trinajstić information content (AvgIpc) is 2.67. The Labute approximate surface area is 161 Å². The third-order valence-corrected chi connectivity index (χ3v) is 5.47. The van der Waals surface area contributed by atoms with Gasteiger partial charge in [-0.25, -0.2) is 4.79 Å². The maximum Gasteiger partial charge on any atom is 0.331 e. The van der Waals surface area contributed by atoms with Crippen molar-refractivity contribution >= 4 is 34.9 Å². The smallest absolute Gasteiger partial charge is 0.331 e. The van der Waals surface area contributed by atoms with Crippen molar-refractivity contribution in [3.63, 3.8) is 0 Å². The summed E-state index contributed by atoms with van der Waals surface area (Å²) in [6, 6.07) is 14.8. The van der Waals surface area contributed by atoms with Crippen LogP contribution < -0.4 is 0 Å². The Morgan fingerprint density at radius 3 is 2.00 bits per heavy atom. The van der Waals surface area contributed by atoms with Crippen molar-refractivity contribution < 1.29 is 19.1 Å². The zero-order chi connectivity index (χ0) is 19.6. The van der Waals surface area contributed by atoms with Crippen LogP contribution in [0.4, 0.5) is 0 Å². The van der Waals surface area contributed by atoms with E-state index in [0.29, 0.717) is 16.0 Å². The molecule has 2 aromatic rings. The molecular formula is C22H18O4S. The second-order valence-corrected chi connectivity index (χ2v) is 7.18. The summed E-state index contributed by atoms with van der Waals surface area (Å²) in [5, 5.41) is 0. The van der Waals surface area contributed by atoms with Crippen molar-refractivity contribution in [1.29, 1.82) is 0 Å². The molecule has 0 N–H and O–H groups in total. The number of hydrogen-bond donors (Lipinski definition) is 0. The average molecular weight is 378 g/mol. The predicted molar refractivity (Wildman–Crippen MR) is 106 cm³/mol. The first kappa shape index (κ1) is 18.9. The zero-order valence-corrected chi connectivity index (χ0v) is 16.1. The Balaban J connectivity index is 2.14. The lowest BCUT2D eigenvalue weighted by atomic mass is 9.90. The summed E-state index contributed by atoms with van der Waals surface area (Å²) in [7, 11) is 1.25. The molecule has 27 heavy (non-hydrogen) atoms. The molecule has 3 rings (SSSR count). The molecule has 5 heteroatoms. The molecule has 0 atom stereocenters. The van der Waals surface area contributed by atoms with Crippen molar-refractivity contribution in [2.24, 2.45) is 0 Å². The molecule has 1 aliphatic heterocycles. The second kappa shape index (κ2) is 7.76. The molecule has 0 aliphatic carbocycles. The van der Waals surface area contributed by atoms with Gasteiger partial charge in [0.1, 0.15) is 0 Å². The summed E-state index contributed by atoms with van der Waals surface area (Å²) in [6.45, 7) is 3.77. The first-order valence-corrected chi connectivity index (χ1v) is 9.18. The first-order valence-electron chi connectivity index (χ1n) is 8.37. The van der Waals surface area contributed by atoms with Crippen LogP contribution >= 0.6 is 11.8 Å². The van der Waals surface area contributed by atoms with E-state index in [1.54, 1.807) is 12.1 Å². The predicted octanol–water partition coefficient (Wildman–Crippen LogP) is 4.27. The molecule has 4 nitrogen and oxygen atoms in total. The van der Waals surface area contributed by atoms with Crippen LogP contribution in [0.5, 0.6) is 0 Å². The summed E-state index contributed by atoms with van der Waals surface area (Å²) >= 11 is 1.14. The van der Waals surface area contributed by atoms with Crippen molar-refractivity contribution in [3.05, 3.63) is 86.7 Å². The van der Waals surface area contributed by atoms with Gasteiger partial charge in [-0.3, -0.25) is 9.59 Å². The number of allylic oxidation sites excluding steroid dienone is 3. The van der Waals surface area contributed by atoms with E-state index in [1.807, 2.05) is 50.2 Å². The number of benzene rings is 2. The number of aryl methyl sites for hydroxylation is 2. The van der Waals surface area contributed by atoms with E-state index in [1.165, 1.54) is 7.11 Å². The zero-order valence-electron chi connectivity index (χ0n) is 15.2. The van der Waals surface area contributed by atoms with Crippen LogP contribution in [-0.4, -0.2) is 24.6 Å². The van der Waals surface area contributed by atoms with Crippen molar-refractivity contribution in [3.8, 4) is 0 Å². The van der Waals surface area contributed by atoms with E-state index in [0.717, 1.165) is 34.5 Å². The number of ether oxygens (including phenoxy) is 1. The molecule has 1 aliphatic rings. The van der Waals surface area contributed by atoms with Gasteiger partial charge in [-0.15, -0.1) is 0 Å². The number of methoxy groups -OCH3 is 1. The molecular weight excluding hydrogens is 360 g/mol. The lowest BCUT2D eigenvalue weighted by Crippen LogP contribution is -2.20. The minimum Gasteiger partial charge on any atom is -0.466 e. The number of carbonyl (C=O) groups excluding carboxylic acids is 3. The van der Waals surface area contributed by atoms with Crippen LogP contribution in [0.1, 0.15) is 27.0 Å². The Kier molecular flexibility index (Phi) is 5.42. The van der Waals surface area contributed by atoms with Gasteiger partial charge in [-0.1, -0.05) is 60.3 Å². The fraction of sp³-hybridized carbons (Fsp3) is 0.136. The van der Waals surface area contributed by atoms with Crippen LogP contribution in [0.2, 0.25) is 0 Å². The molecule has 0 unspecified atom stereocenters. The largest absolute Gasteiger partial charge is 0.466 e. The van der Waals surface area contributed by atoms with Crippen molar-refractivity contribution in [2.75, 3.05) is 7.11 Å². The minimum atomic E-state index is -0.590. The third kappa shape index (κ3) is 3.64. The standard InChI is InChI=1S/C22H18O4S/c1-13-8-4-6-10-15(13)19(20(24)16-11-7-5-9-14(16)2)22-21(25)17(27-22)12-18(23)26-3/h4-12H,1-3H3/b17-12-,22-19+. The molecule has 0 aromatic heterocycles. The van der Waals surface area contributed by atoms with Gasteiger partial charge in [0, 0.05) is 17.2 Å². The number of ketones is 2. The molecule has 1 saturated heterocycles. The van der Waals surface area contributed by atoms with Gasteiger partial charge < -0.3 is 4.74 Å². The normalized spacial score (nSPS) is 16.7. The molecule has 0 amide bonds. The van der Waals surface area contributed by atoms with Crippen molar-refractivity contribution in [2.45, 2.75) is 13.8 Å². The number of rotatable bonds is 4. The van der Waals surface area contributed by atoms with Crippen LogP contribution in [0.25, 0.3) is 5.57 Å². The summed E-state index contributed by atoms with van der Waals surface area (Å²) in [6.07, 6.45) is 1.16. The molecule has 1 fully saturated rings. The number of Topliss-reactive ketones (excluding diaryl/α,β-unsaturated/α-hetero) is 2. The van der Waals surface area contributed by atoms with E-state index < -0.39 is 5.97 Å². The third-order valence-electron chi connectivity index (χ3n) is 4.35. The fourth-order valence-electron chi connectivity index (χ4n) is 2.86. The van der Waals surface area contributed by atoms with Crippen molar-refractivity contribution in [1.82, 2.24) is 0 Å². The maximum absolute atomic E-state index is 13.3. The number of thioether (sulfide) groups is 1. The molecule has 0 radical (unpaired) electrons.